The first-order valence-electron chi connectivity index (χ1n) is 5.13. The van der Waals surface area contributed by atoms with Gasteiger partial charge in [-0.15, -0.1) is 11.3 Å². The van der Waals surface area contributed by atoms with Gasteiger partial charge in [-0.05, 0) is 18.4 Å². The fraction of sp³-hybridized carbons (Fsp3) is 0.300. The van der Waals surface area contributed by atoms with Crippen LogP contribution in [0, 0.1) is 0 Å². The van der Waals surface area contributed by atoms with E-state index in [9.17, 15) is 4.79 Å². The molecule has 2 heterocycles. The molecule has 0 spiro atoms. The zero-order valence-corrected chi connectivity index (χ0v) is 10.1. The van der Waals surface area contributed by atoms with Crippen molar-refractivity contribution in [2.75, 3.05) is 0 Å². The summed E-state index contributed by atoms with van der Waals surface area (Å²) >= 11 is 1.46. The van der Waals surface area contributed by atoms with Crippen LogP contribution in [0.5, 0.6) is 0 Å². The van der Waals surface area contributed by atoms with Crippen molar-refractivity contribution in [3.8, 4) is 0 Å². The number of nitrogens with two attached hydrogens (primary N) is 1. The molecule has 7 heteroatoms. The van der Waals surface area contributed by atoms with Gasteiger partial charge in [0.25, 0.3) is 0 Å². The fourth-order valence-electron chi connectivity index (χ4n) is 1.39. The standard InChI is InChI=1S/C10H13N5OS/c1-6(9-12-5-13-15-9)14-10(16)8(11)7-3-2-4-17-7/h2-6,8H,11H2,1H3,(H,14,16)(H,12,13,15). The summed E-state index contributed by atoms with van der Waals surface area (Å²) in [7, 11) is 0. The van der Waals surface area contributed by atoms with Crippen molar-refractivity contribution in [1.29, 1.82) is 0 Å². The van der Waals surface area contributed by atoms with E-state index in [0.717, 1.165) is 4.88 Å². The summed E-state index contributed by atoms with van der Waals surface area (Å²) in [6, 6.07) is 2.83. The van der Waals surface area contributed by atoms with Gasteiger partial charge in [-0.2, -0.15) is 5.10 Å². The second-order valence-corrected chi connectivity index (χ2v) is 4.57. The van der Waals surface area contributed by atoms with Gasteiger partial charge in [0, 0.05) is 4.88 Å². The van der Waals surface area contributed by atoms with Crippen molar-refractivity contribution in [2.24, 2.45) is 5.73 Å². The van der Waals surface area contributed by atoms with E-state index < -0.39 is 6.04 Å². The summed E-state index contributed by atoms with van der Waals surface area (Å²) < 4.78 is 0. The number of carbonyl (C=O) groups excluding carboxylic acids is 1. The lowest BCUT2D eigenvalue weighted by Gasteiger charge is -2.14. The fourth-order valence-corrected chi connectivity index (χ4v) is 2.12. The second kappa shape index (κ2) is 5.07. The molecule has 0 saturated heterocycles. The number of aromatic amines is 1. The Hall–Kier alpha value is -1.73. The third-order valence-corrected chi connectivity index (χ3v) is 3.29. The minimum atomic E-state index is -0.639. The summed E-state index contributed by atoms with van der Waals surface area (Å²) in [6.45, 7) is 1.82. The van der Waals surface area contributed by atoms with E-state index in [1.807, 2.05) is 24.4 Å². The molecule has 0 bridgehead atoms. The molecular formula is C10H13N5OS. The van der Waals surface area contributed by atoms with Crippen LogP contribution in [0.15, 0.2) is 23.8 Å². The van der Waals surface area contributed by atoms with E-state index in [2.05, 4.69) is 20.5 Å². The Morgan fingerprint density at radius 2 is 2.47 bits per heavy atom. The normalized spacial score (nSPS) is 14.2. The molecule has 2 aromatic rings. The van der Waals surface area contributed by atoms with Crippen LogP contribution in [0.1, 0.15) is 29.7 Å². The average Bonchev–Trinajstić information content (AvgIpc) is 3.00. The first-order chi connectivity index (χ1) is 8.18. The van der Waals surface area contributed by atoms with Crippen LogP contribution in [0.4, 0.5) is 0 Å². The number of nitrogens with one attached hydrogen (secondary N) is 2. The van der Waals surface area contributed by atoms with E-state index in [1.165, 1.54) is 17.7 Å². The van der Waals surface area contributed by atoms with Gasteiger partial charge < -0.3 is 11.1 Å². The molecule has 17 heavy (non-hydrogen) atoms. The monoisotopic (exact) mass is 251 g/mol. The van der Waals surface area contributed by atoms with Gasteiger partial charge in [-0.1, -0.05) is 6.07 Å². The summed E-state index contributed by atoms with van der Waals surface area (Å²) in [6.07, 6.45) is 1.40. The molecule has 1 amide bonds. The zero-order chi connectivity index (χ0) is 12.3. The number of hydrogen-bond acceptors (Lipinski definition) is 5. The van der Waals surface area contributed by atoms with Gasteiger partial charge in [0.05, 0.1) is 6.04 Å². The van der Waals surface area contributed by atoms with Gasteiger partial charge in [0.1, 0.15) is 18.2 Å². The van der Waals surface area contributed by atoms with Crippen molar-refractivity contribution in [3.63, 3.8) is 0 Å². The molecule has 6 nitrogen and oxygen atoms in total. The highest BCUT2D eigenvalue weighted by atomic mass is 32.1. The number of aromatic nitrogens is 3. The number of nitrogens with zero attached hydrogens (tertiary/aromatic N) is 2. The molecule has 0 radical (unpaired) electrons. The molecule has 0 aliphatic rings. The Morgan fingerprint density at radius 1 is 1.65 bits per heavy atom. The molecular weight excluding hydrogens is 238 g/mol. The third kappa shape index (κ3) is 2.69. The number of H-pyrrole nitrogens is 1. The maximum absolute atomic E-state index is 11.9. The maximum Gasteiger partial charge on any atom is 0.242 e. The first kappa shape index (κ1) is 11.7. The van der Waals surface area contributed by atoms with Crippen molar-refractivity contribution >= 4 is 17.2 Å². The highest BCUT2D eigenvalue weighted by Crippen LogP contribution is 2.17. The lowest BCUT2D eigenvalue weighted by molar-refractivity contribution is -0.123. The molecule has 0 aliphatic heterocycles. The lowest BCUT2D eigenvalue weighted by Crippen LogP contribution is -2.35. The van der Waals surface area contributed by atoms with E-state index in [4.69, 9.17) is 5.73 Å². The van der Waals surface area contributed by atoms with Gasteiger partial charge in [-0.25, -0.2) is 4.98 Å². The van der Waals surface area contributed by atoms with Gasteiger partial charge in [0.15, 0.2) is 0 Å². The topological polar surface area (TPSA) is 96.7 Å². The van der Waals surface area contributed by atoms with E-state index >= 15 is 0 Å². The Labute approximate surface area is 102 Å². The number of carbonyl (C=O) groups is 1. The summed E-state index contributed by atoms with van der Waals surface area (Å²) in [5, 5.41) is 11.1. The third-order valence-electron chi connectivity index (χ3n) is 2.33. The van der Waals surface area contributed by atoms with Crippen LogP contribution >= 0.6 is 11.3 Å². The molecule has 0 aliphatic carbocycles. The molecule has 2 aromatic heterocycles. The Bertz CT molecular complexity index is 467. The average molecular weight is 251 g/mol. The quantitative estimate of drug-likeness (QED) is 0.746. The predicted molar refractivity (Wildman–Crippen MR) is 64.2 cm³/mol. The number of thiophene rings is 1. The predicted octanol–water partition coefficient (Wildman–Crippen LogP) is 0.743. The van der Waals surface area contributed by atoms with E-state index in [1.54, 1.807) is 0 Å². The number of amides is 1. The number of hydrogen-bond donors (Lipinski definition) is 3. The number of rotatable bonds is 4. The van der Waals surface area contributed by atoms with Crippen LogP contribution in [0.3, 0.4) is 0 Å². The molecule has 2 atom stereocenters. The molecule has 4 N–H and O–H groups in total. The van der Waals surface area contributed by atoms with E-state index in [0.29, 0.717) is 5.82 Å². The Morgan fingerprint density at radius 3 is 3.06 bits per heavy atom. The molecule has 0 fully saturated rings. The lowest BCUT2D eigenvalue weighted by atomic mass is 10.2. The van der Waals surface area contributed by atoms with Crippen LogP contribution in [-0.4, -0.2) is 21.1 Å². The van der Waals surface area contributed by atoms with Crippen LogP contribution in [-0.2, 0) is 4.79 Å². The molecule has 0 aromatic carbocycles. The van der Waals surface area contributed by atoms with Gasteiger partial charge in [0.2, 0.25) is 5.91 Å². The summed E-state index contributed by atoms with van der Waals surface area (Å²) in [5.41, 5.74) is 5.84. The Balaban J connectivity index is 1.98. The first-order valence-corrected chi connectivity index (χ1v) is 6.01. The minimum absolute atomic E-state index is 0.226. The summed E-state index contributed by atoms with van der Waals surface area (Å²) in [5.74, 6) is 0.382. The Kier molecular flexibility index (Phi) is 3.50. The van der Waals surface area contributed by atoms with Crippen molar-refractivity contribution in [3.05, 3.63) is 34.5 Å². The van der Waals surface area contributed by atoms with Crippen LogP contribution in [0.25, 0.3) is 0 Å². The van der Waals surface area contributed by atoms with E-state index in [-0.39, 0.29) is 11.9 Å². The zero-order valence-electron chi connectivity index (χ0n) is 9.25. The second-order valence-electron chi connectivity index (χ2n) is 3.59. The highest BCUT2D eigenvalue weighted by Gasteiger charge is 2.19. The molecule has 90 valence electrons. The highest BCUT2D eigenvalue weighted by molar-refractivity contribution is 7.10. The molecule has 0 saturated carbocycles. The molecule has 2 unspecified atom stereocenters. The van der Waals surface area contributed by atoms with Crippen molar-refractivity contribution in [2.45, 2.75) is 19.0 Å². The maximum atomic E-state index is 11.9. The van der Waals surface area contributed by atoms with Gasteiger partial charge >= 0.3 is 0 Å². The van der Waals surface area contributed by atoms with Crippen LogP contribution in [0.2, 0.25) is 0 Å². The SMILES string of the molecule is CC(NC(=O)C(N)c1cccs1)c1ncn[nH]1. The van der Waals surface area contributed by atoms with Crippen molar-refractivity contribution < 1.29 is 4.79 Å². The van der Waals surface area contributed by atoms with Gasteiger partial charge in [-0.3, -0.25) is 9.89 Å². The van der Waals surface area contributed by atoms with Crippen LogP contribution < -0.4 is 11.1 Å². The minimum Gasteiger partial charge on any atom is -0.345 e. The summed E-state index contributed by atoms with van der Waals surface area (Å²) in [4.78, 5) is 16.7. The smallest absolute Gasteiger partial charge is 0.242 e. The molecule has 2 rings (SSSR count). The largest absolute Gasteiger partial charge is 0.345 e. The van der Waals surface area contributed by atoms with Crippen molar-refractivity contribution in [1.82, 2.24) is 20.5 Å².